The maximum Gasteiger partial charge on any atom is 0.224 e. The summed E-state index contributed by atoms with van der Waals surface area (Å²) < 4.78 is 18.7. The predicted octanol–water partition coefficient (Wildman–Crippen LogP) is 2.88. The number of aliphatic hydroxyl groups is 1. The van der Waals surface area contributed by atoms with Gasteiger partial charge in [0.2, 0.25) is 5.91 Å². The Labute approximate surface area is 138 Å². The van der Waals surface area contributed by atoms with Gasteiger partial charge in [-0.1, -0.05) is 29.8 Å². The Morgan fingerprint density at radius 3 is 2.61 bits per heavy atom. The highest BCUT2D eigenvalue weighted by Gasteiger charge is 2.14. The van der Waals surface area contributed by atoms with Crippen molar-refractivity contribution in [3.05, 3.63) is 64.4 Å². The van der Waals surface area contributed by atoms with Gasteiger partial charge in [-0.15, -0.1) is 0 Å². The minimum Gasteiger partial charge on any atom is -0.497 e. The molecule has 0 aliphatic heterocycles. The van der Waals surface area contributed by atoms with Crippen molar-refractivity contribution >= 4 is 17.5 Å². The van der Waals surface area contributed by atoms with Crippen LogP contribution in [0, 0.1) is 5.82 Å². The maximum atomic E-state index is 13.6. The van der Waals surface area contributed by atoms with Gasteiger partial charge in [0.1, 0.15) is 11.6 Å². The van der Waals surface area contributed by atoms with E-state index in [2.05, 4.69) is 5.32 Å². The van der Waals surface area contributed by atoms with Crippen LogP contribution in [0.3, 0.4) is 0 Å². The summed E-state index contributed by atoms with van der Waals surface area (Å²) in [4.78, 5) is 11.9. The SMILES string of the molecule is COc1ccc(C(O)CNC(=O)Cc2c(F)cccc2Cl)cc1. The van der Waals surface area contributed by atoms with E-state index < -0.39 is 17.8 Å². The summed E-state index contributed by atoms with van der Waals surface area (Å²) in [6, 6.07) is 11.1. The van der Waals surface area contributed by atoms with Gasteiger partial charge in [-0.25, -0.2) is 4.39 Å². The Hall–Kier alpha value is -2.11. The zero-order valence-corrected chi connectivity index (χ0v) is 13.3. The molecule has 2 rings (SSSR count). The molecule has 0 spiro atoms. The zero-order valence-electron chi connectivity index (χ0n) is 12.6. The van der Waals surface area contributed by atoms with Crippen molar-refractivity contribution in [2.75, 3.05) is 13.7 Å². The second-order valence-electron chi connectivity index (χ2n) is 4.97. The number of aliphatic hydroxyl groups excluding tert-OH is 1. The summed E-state index contributed by atoms with van der Waals surface area (Å²) in [7, 11) is 1.56. The van der Waals surface area contributed by atoms with Gasteiger partial charge in [-0.05, 0) is 29.8 Å². The molecule has 1 amide bonds. The minimum atomic E-state index is -0.860. The number of carbonyl (C=O) groups is 1. The van der Waals surface area contributed by atoms with Gasteiger partial charge in [-0.3, -0.25) is 4.79 Å². The first-order valence-electron chi connectivity index (χ1n) is 7.03. The smallest absolute Gasteiger partial charge is 0.224 e. The Morgan fingerprint density at radius 2 is 2.00 bits per heavy atom. The van der Waals surface area contributed by atoms with E-state index in [-0.39, 0.29) is 23.6 Å². The molecule has 122 valence electrons. The molecule has 0 saturated heterocycles. The number of hydrogen-bond acceptors (Lipinski definition) is 3. The molecule has 1 unspecified atom stereocenters. The van der Waals surface area contributed by atoms with Crippen LogP contribution < -0.4 is 10.1 Å². The van der Waals surface area contributed by atoms with Gasteiger partial charge in [0.05, 0.1) is 19.6 Å². The number of amides is 1. The van der Waals surface area contributed by atoms with Crippen molar-refractivity contribution in [3.63, 3.8) is 0 Å². The van der Waals surface area contributed by atoms with Crippen molar-refractivity contribution in [1.82, 2.24) is 5.32 Å². The van der Waals surface area contributed by atoms with Crippen LogP contribution in [0.1, 0.15) is 17.2 Å². The molecule has 0 bridgehead atoms. The lowest BCUT2D eigenvalue weighted by molar-refractivity contribution is -0.120. The maximum absolute atomic E-state index is 13.6. The van der Waals surface area contributed by atoms with Crippen LogP contribution in [-0.4, -0.2) is 24.7 Å². The first kappa shape index (κ1) is 17.2. The molecule has 23 heavy (non-hydrogen) atoms. The van der Waals surface area contributed by atoms with Crippen molar-refractivity contribution in [1.29, 1.82) is 0 Å². The fraction of sp³-hybridized carbons (Fsp3) is 0.235. The molecule has 4 nitrogen and oxygen atoms in total. The van der Waals surface area contributed by atoms with Crippen LogP contribution in [0.15, 0.2) is 42.5 Å². The van der Waals surface area contributed by atoms with Gasteiger partial charge in [-0.2, -0.15) is 0 Å². The van der Waals surface area contributed by atoms with Crippen molar-refractivity contribution in [2.24, 2.45) is 0 Å². The summed E-state index contributed by atoms with van der Waals surface area (Å²) in [6.45, 7) is 0.0250. The highest BCUT2D eigenvalue weighted by Crippen LogP contribution is 2.20. The molecule has 6 heteroatoms. The average Bonchev–Trinajstić information content (AvgIpc) is 2.56. The number of benzene rings is 2. The molecule has 0 aliphatic rings. The van der Waals surface area contributed by atoms with Gasteiger partial charge >= 0.3 is 0 Å². The molecule has 0 fully saturated rings. The summed E-state index contributed by atoms with van der Waals surface area (Å²) in [6.07, 6.45) is -1.04. The van der Waals surface area contributed by atoms with Gasteiger partial charge in [0.15, 0.2) is 0 Å². The van der Waals surface area contributed by atoms with Crippen LogP contribution in [-0.2, 0) is 11.2 Å². The predicted molar refractivity (Wildman–Crippen MR) is 86.1 cm³/mol. The quantitative estimate of drug-likeness (QED) is 0.852. The summed E-state index contributed by atoms with van der Waals surface area (Å²) >= 11 is 5.88. The Balaban J connectivity index is 1.90. The van der Waals surface area contributed by atoms with Gasteiger partial charge < -0.3 is 15.2 Å². The van der Waals surface area contributed by atoms with E-state index in [4.69, 9.17) is 16.3 Å². The molecular formula is C17H17ClFNO3. The van der Waals surface area contributed by atoms with Crippen molar-refractivity contribution in [3.8, 4) is 5.75 Å². The first-order valence-corrected chi connectivity index (χ1v) is 7.40. The first-order chi connectivity index (χ1) is 11.0. The lowest BCUT2D eigenvalue weighted by atomic mass is 10.1. The van der Waals surface area contributed by atoms with Crippen LogP contribution in [0.5, 0.6) is 5.75 Å². The Kier molecular flexibility index (Phi) is 5.96. The molecular weight excluding hydrogens is 321 g/mol. The van der Waals surface area contributed by atoms with Crippen LogP contribution in [0.2, 0.25) is 5.02 Å². The number of methoxy groups -OCH3 is 1. The van der Waals surface area contributed by atoms with Gasteiger partial charge in [0.25, 0.3) is 0 Å². The molecule has 2 aromatic rings. The fourth-order valence-corrected chi connectivity index (χ4v) is 2.31. The molecule has 2 N–H and O–H groups in total. The van der Waals surface area contributed by atoms with E-state index in [9.17, 15) is 14.3 Å². The van der Waals surface area contributed by atoms with E-state index in [0.29, 0.717) is 11.3 Å². The highest BCUT2D eigenvalue weighted by atomic mass is 35.5. The van der Waals surface area contributed by atoms with Crippen LogP contribution >= 0.6 is 11.6 Å². The monoisotopic (exact) mass is 337 g/mol. The number of halogens is 2. The third kappa shape index (κ3) is 4.68. The molecule has 0 aromatic heterocycles. The Bertz CT molecular complexity index is 656. The third-order valence-electron chi connectivity index (χ3n) is 3.39. The lowest BCUT2D eigenvalue weighted by Crippen LogP contribution is -2.30. The molecule has 2 aromatic carbocycles. The minimum absolute atomic E-state index is 0.0250. The fourth-order valence-electron chi connectivity index (χ4n) is 2.08. The number of nitrogens with one attached hydrogen (secondary N) is 1. The van der Waals surface area contributed by atoms with E-state index in [1.165, 1.54) is 18.2 Å². The van der Waals surface area contributed by atoms with E-state index in [1.807, 2.05) is 0 Å². The molecule has 0 saturated carbocycles. The highest BCUT2D eigenvalue weighted by molar-refractivity contribution is 6.31. The number of rotatable bonds is 6. The second kappa shape index (κ2) is 7.94. The lowest BCUT2D eigenvalue weighted by Gasteiger charge is -2.13. The summed E-state index contributed by atoms with van der Waals surface area (Å²) in [5.41, 5.74) is 0.792. The largest absolute Gasteiger partial charge is 0.497 e. The van der Waals surface area contributed by atoms with E-state index in [0.717, 1.165) is 0 Å². The van der Waals surface area contributed by atoms with E-state index >= 15 is 0 Å². The van der Waals surface area contributed by atoms with Crippen LogP contribution in [0.25, 0.3) is 0 Å². The van der Waals surface area contributed by atoms with Crippen molar-refractivity contribution in [2.45, 2.75) is 12.5 Å². The van der Waals surface area contributed by atoms with Crippen LogP contribution in [0.4, 0.5) is 4.39 Å². The van der Waals surface area contributed by atoms with Crippen molar-refractivity contribution < 1.29 is 19.0 Å². The third-order valence-corrected chi connectivity index (χ3v) is 3.75. The molecule has 1 atom stereocenters. The number of carbonyl (C=O) groups excluding carboxylic acids is 1. The molecule has 0 aliphatic carbocycles. The van der Waals surface area contributed by atoms with E-state index in [1.54, 1.807) is 31.4 Å². The average molecular weight is 338 g/mol. The molecule has 0 heterocycles. The number of hydrogen-bond donors (Lipinski definition) is 2. The normalized spacial score (nSPS) is 11.8. The zero-order chi connectivity index (χ0) is 16.8. The summed E-state index contributed by atoms with van der Waals surface area (Å²) in [5.74, 6) is -0.257. The summed E-state index contributed by atoms with van der Waals surface area (Å²) in [5, 5.41) is 12.8. The standard InChI is InChI=1S/C17H17ClFNO3/c1-23-12-7-5-11(6-8-12)16(21)10-20-17(22)9-13-14(18)3-2-4-15(13)19/h2-8,16,21H,9-10H2,1H3,(H,20,22). The number of ether oxygens (including phenoxy) is 1. The van der Waals surface area contributed by atoms with Gasteiger partial charge in [0, 0.05) is 17.1 Å². The Morgan fingerprint density at radius 1 is 1.30 bits per heavy atom. The topological polar surface area (TPSA) is 58.6 Å². The molecule has 0 radical (unpaired) electrons. The second-order valence-corrected chi connectivity index (χ2v) is 5.38.